The number of hydrogen-bond acceptors (Lipinski definition) is 6. The molecule has 1 saturated heterocycles. The molecule has 0 bridgehead atoms. The highest BCUT2D eigenvalue weighted by atomic mass is 32.1. The zero-order valence-electron chi connectivity index (χ0n) is 16.0. The van der Waals surface area contributed by atoms with E-state index in [2.05, 4.69) is 16.9 Å². The molecule has 1 aliphatic heterocycles. The normalized spacial score (nSPS) is 15.5. The van der Waals surface area contributed by atoms with Crippen molar-refractivity contribution in [2.45, 2.75) is 18.9 Å². The summed E-state index contributed by atoms with van der Waals surface area (Å²) in [5.74, 6) is 1.21. The Morgan fingerprint density at radius 3 is 2.82 bits per heavy atom. The van der Waals surface area contributed by atoms with Gasteiger partial charge in [0.15, 0.2) is 5.82 Å². The molecule has 0 radical (unpaired) electrons. The van der Waals surface area contributed by atoms with Crippen molar-refractivity contribution in [2.24, 2.45) is 0 Å². The summed E-state index contributed by atoms with van der Waals surface area (Å²) in [6, 6.07) is 9.50. The molecule has 0 saturated carbocycles. The topological polar surface area (TPSA) is 63.5 Å². The maximum atomic E-state index is 13.3. The van der Waals surface area contributed by atoms with Crippen LogP contribution in [0.2, 0.25) is 0 Å². The molecule has 4 rings (SSSR count). The van der Waals surface area contributed by atoms with E-state index in [1.54, 1.807) is 18.0 Å². The van der Waals surface area contributed by atoms with Gasteiger partial charge in [0.1, 0.15) is 0 Å². The molecule has 146 valence electrons. The van der Waals surface area contributed by atoms with Crippen molar-refractivity contribution in [1.29, 1.82) is 0 Å². The third kappa shape index (κ3) is 3.79. The zero-order chi connectivity index (χ0) is 19.5. The summed E-state index contributed by atoms with van der Waals surface area (Å²) in [7, 11) is 3.70. The Kier molecular flexibility index (Phi) is 5.40. The van der Waals surface area contributed by atoms with Gasteiger partial charge >= 0.3 is 0 Å². The smallest absolute Gasteiger partial charge is 0.269 e. The first-order chi connectivity index (χ1) is 13.7. The van der Waals surface area contributed by atoms with Gasteiger partial charge in [-0.05, 0) is 50.5 Å². The van der Waals surface area contributed by atoms with Crippen LogP contribution in [0.3, 0.4) is 0 Å². The molecule has 0 spiro atoms. The van der Waals surface area contributed by atoms with E-state index in [0.29, 0.717) is 11.7 Å². The molecule has 0 N–H and O–H groups in total. The minimum atomic E-state index is 0.0158. The van der Waals surface area contributed by atoms with E-state index in [9.17, 15) is 4.79 Å². The number of rotatable bonds is 5. The molecule has 0 aliphatic carbocycles. The predicted octanol–water partition coefficient (Wildman–Crippen LogP) is 3.08. The van der Waals surface area contributed by atoms with Gasteiger partial charge in [-0.15, -0.1) is 16.4 Å². The van der Waals surface area contributed by atoms with Gasteiger partial charge in [0.2, 0.25) is 5.88 Å². The molecular formula is C20H23N5O2S. The van der Waals surface area contributed by atoms with E-state index < -0.39 is 0 Å². The highest BCUT2D eigenvalue weighted by molar-refractivity contribution is 7.12. The highest BCUT2D eigenvalue weighted by Gasteiger charge is 2.31. The molecule has 1 fully saturated rings. The molecule has 28 heavy (non-hydrogen) atoms. The third-order valence-corrected chi connectivity index (χ3v) is 5.88. The lowest BCUT2D eigenvalue weighted by molar-refractivity contribution is 0.0966. The van der Waals surface area contributed by atoms with Gasteiger partial charge in [-0.3, -0.25) is 9.69 Å². The largest absolute Gasteiger partial charge is 0.481 e. The average molecular weight is 398 g/mol. The first-order valence-electron chi connectivity index (χ1n) is 9.27. The molecule has 7 nitrogen and oxygen atoms in total. The van der Waals surface area contributed by atoms with E-state index >= 15 is 0 Å². The molecule has 0 unspecified atom stereocenters. The van der Waals surface area contributed by atoms with Crippen molar-refractivity contribution >= 4 is 23.1 Å². The SMILES string of the molecule is COc1cc(-n2ccc(N(C(=O)c3cccs3)C3CCN(C)CC3)n2)ccn1. The van der Waals surface area contributed by atoms with Crippen molar-refractivity contribution in [3.63, 3.8) is 0 Å². The number of likely N-dealkylation sites (tertiary alicyclic amines) is 1. The van der Waals surface area contributed by atoms with Crippen molar-refractivity contribution in [3.8, 4) is 11.6 Å². The van der Waals surface area contributed by atoms with Gasteiger partial charge in [-0.2, -0.15) is 0 Å². The fraction of sp³-hybridized carbons (Fsp3) is 0.350. The van der Waals surface area contributed by atoms with Gasteiger partial charge < -0.3 is 9.64 Å². The van der Waals surface area contributed by atoms with Crippen LogP contribution >= 0.6 is 11.3 Å². The van der Waals surface area contributed by atoms with Crippen LogP contribution in [0.1, 0.15) is 22.5 Å². The number of ether oxygens (including phenoxy) is 1. The number of carbonyl (C=O) groups is 1. The number of anilines is 1. The van der Waals surface area contributed by atoms with Gasteiger partial charge in [0.05, 0.1) is 17.7 Å². The predicted molar refractivity (Wildman–Crippen MR) is 110 cm³/mol. The van der Waals surface area contributed by atoms with Crippen molar-refractivity contribution in [1.82, 2.24) is 19.7 Å². The minimum absolute atomic E-state index is 0.0158. The summed E-state index contributed by atoms with van der Waals surface area (Å²) in [6.07, 6.45) is 5.42. The number of hydrogen-bond donors (Lipinski definition) is 0. The summed E-state index contributed by atoms with van der Waals surface area (Å²) in [4.78, 5) is 22.3. The second kappa shape index (κ2) is 8.12. The standard InChI is InChI=1S/C20H23N5O2S/c1-23-10-6-15(7-11-23)25(20(26)17-4-3-13-28-17)18-8-12-24(22-18)16-5-9-21-19(14-16)27-2/h3-5,8-9,12-15H,6-7,10-11H2,1-2H3. The quantitative estimate of drug-likeness (QED) is 0.662. The van der Waals surface area contributed by atoms with E-state index in [4.69, 9.17) is 9.84 Å². The average Bonchev–Trinajstić information content (AvgIpc) is 3.42. The molecular weight excluding hydrogens is 374 g/mol. The number of aromatic nitrogens is 3. The Balaban J connectivity index is 1.66. The molecule has 8 heteroatoms. The van der Waals surface area contributed by atoms with Gasteiger partial charge in [-0.25, -0.2) is 9.67 Å². The van der Waals surface area contributed by atoms with Crippen LogP contribution in [0.5, 0.6) is 5.88 Å². The summed E-state index contributed by atoms with van der Waals surface area (Å²) >= 11 is 1.47. The van der Waals surface area contributed by atoms with Crippen LogP contribution in [-0.2, 0) is 0 Å². The Morgan fingerprint density at radius 2 is 2.11 bits per heavy atom. The molecule has 4 heterocycles. The Hall–Kier alpha value is -2.71. The minimum Gasteiger partial charge on any atom is -0.481 e. The maximum absolute atomic E-state index is 13.3. The van der Waals surface area contributed by atoms with Crippen LogP contribution < -0.4 is 9.64 Å². The van der Waals surface area contributed by atoms with Crippen LogP contribution in [0.4, 0.5) is 5.82 Å². The van der Waals surface area contributed by atoms with Crippen LogP contribution in [0.25, 0.3) is 5.69 Å². The summed E-state index contributed by atoms with van der Waals surface area (Å²) in [6.45, 7) is 1.95. The molecule has 3 aromatic rings. The lowest BCUT2D eigenvalue weighted by atomic mass is 10.0. The third-order valence-electron chi connectivity index (χ3n) is 5.02. The Bertz CT molecular complexity index is 932. The van der Waals surface area contributed by atoms with Crippen LogP contribution in [0, 0.1) is 0 Å². The van der Waals surface area contributed by atoms with E-state index in [1.807, 2.05) is 46.8 Å². The first-order valence-corrected chi connectivity index (χ1v) is 10.2. The van der Waals surface area contributed by atoms with E-state index in [-0.39, 0.29) is 11.9 Å². The zero-order valence-corrected chi connectivity index (χ0v) is 16.8. The number of amides is 1. The lowest BCUT2D eigenvalue weighted by Gasteiger charge is -2.36. The Morgan fingerprint density at radius 1 is 1.29 bits per heavy atom. The fourth-order valence-corrected chi connectivity index (χ4v) is 4.13. The number of pyridine rings is 1. The molecule has 1 amide bonds. The second-order valence-electron chi connectivity index (χ2n) is 6.86. The molecule has 3 aromatic heterocycles. The number of piperidine rings is 1. The number of carbonyl (C=O) groups excluding carboxylic acids is 1. The van der Waals surface area contributed by atoms with Gasteiger partial charge in [0.25, 0.3) is 5.91 Å². The maximum Gasteiger partial charge on any atom is 0.269 e. The van der Waals surface area contributed by atoms with Gasteiger partial charge in [-0.1, -0.05) is 6.07 Å². The van der Waals surface area contributed by atoms with E-state index in [1.165, 1.54) is 11.3 Å². The highest BCUT2D eigenvalue weighted by Crippen LogP contribution is 2.26. The second-order valence-corrected chi connectivity index (χ2v) is 7.81. The molecule has 0 aromatic carbocycles. The van der Waals surface area contributed by atoms with Gasteiger partial charge in [0, 0.05) is 30.6 Å². The van der Waals surface area contributed by atoms with Crippen molar-refractivity contribution in [3.05, 3.63) is 53.0 Å². The van der Waals surface area contributed by atoms with Crippen molar-refractivity contribution < 1.29 is 9.53 Å². The number of thiophene rings is 1. The van der Waals surface area contributed by atoms with Crippen molar-refractivity contribution in [2.75, 3.05) is 32.1 Å². The fourth-order valence-electron chi connectivity index (χ4n) is 3.47. The number of nitrogens with zero attached hydrogens (tertiary/aromatic N) is 5. The van der Waals surface area contributed by atoms with E-state index in [0.717, 1.165) is 36.5 Å². The summed E-state index contributed by atoms with van der Waals surface area (Å²) < 4.78 is 6.96. The lowest BCUT2D eigenvalue weighted by Crippen LogP contribution is -2.47. The Labute approximate surface area is 168 Å². The molecule has 0 atom stereocenters. The first kappa shape index (κ1) is 18.6. The van der Waals surface area contributed by atoms with Crippen LogP contribution in [-0.4, -0.2) is 58.9 Å². The summed E-state index contributed by atoms with van der Waals surface area (Å²) in [5.41, 5.74) is 0.838. The molecule has 1 aliphatic rings. The number of methoxy groups -OCH3 is 1. The van der Waals surface area contributed by atoms with Crippen LogP contribution in [0.15, 0.2) is 48.1 Å². The summed E-state index contributed by atoms with van der Waals surface area (Å²) in [5, 5.41) is 6.64. The monoisotopic (exact) mass is 397 g/mol.